The molecule has 0 saturated carbocycles. The van der Waals surface area contributed by atoms with Gasteiger partial charge >= 0.3 is 0 Å². The fourth-order valence-corrected chi connectivity index (χ4v) is 5.10. The van der Waals surface area contributed by atoms with Crippen LogP contribution in [0.5, 0.6) is 0 Å². The number of para-hydroxylation sites is 2. The summed E-state index contributed by atoms with van der Waals surface area (Å²) < 4.78 is 2.38. The molecule has 0 spiro atoms. The van der Waals surface area contributed by atoms with E-state index in [4.69, 9.17) is 4.98 Å². The number of hydrogen-bond donors (Lipinski definition) is 0. The third-order valence-electron chi connectivity index (χ3n) is 6.74. The number of hydrogen-bond acceptors (Lipinski definition) is 2. The van der Waals surface area contributed by atoms with Gasteiger partial charge in [0.2, 0.25) is 0 Å². The maximum absolute atomic E-state index is 4.71. The number of pyridine rings is 2. The predicted molar refractivity (Wildman–Crippen MR) is 152 cm³/mol. The van der Waals surface area contributed by atoms with Gasteiger partial charge in [-0.2, -0.15) is 0 Å². The van der Waals surface area contributed by atoms with Gasteiger partial charge in [0.15, 0.2) is 0 Å². The van der Waals surface area contributed by atoms with Crippen LogP contribution in [0.2, 0.25) is 0 Å². The molecule has 0 amide bonds. The van der Waals surface area contributed by atoms with Crippen LogP contribution >= 0.6 is 0 Å². The third kappa shape index (κ3) is 4.05. The van der Waals surface area contributed by atoms with Gasteiger partial charge in [-0.05, 0) is 23.5 Å². The molecule has 3 nitrogen and oxygen atoms in total. The maximum Gasteiger partial charge on any atom is 0.0620 e. The average molecular weight is 664 g/mol. The quantitative estimate of drug-likeness (QED) is 0.175. The third-order valence-corrected chi connectivity index (χ3v) is 6.74. The molecule has 4 aromatic heterocycles. The first-order valence-corrected chi connectivity index (χ1v) is 12.3. The van der Waals surface area contributed by atoms with Gasteiger partial charge in [0.1, 0.15) is 0 Å². The Morgan fingerprint density at radius 1 is 0.526 bits per heavy atom. The summed E-state index contributed by atoms with van der Waals surface area (Å²) in [5.41, 5.74) is 7.73. The summed E-state index contributed by atoms with van der Waals surface area (Å²) in [4.78, 5) is 8.92. The van der Waals surface area contributed by atoms with E-state index in [1.807, 2.05) is 66.9 Å². The largest absolute Gasteiger partial charge is 0.309 e. The van der Waals surface area contributed by atoms with Crippen LogP contribution in [0.15, 0.2) is 128 Å². The van der Waals surface area contributed by atoms with Crippen LogP contribution in [-0.2, 0) is 20.1 Å². The molecule has 0 bridgehead atoms. The number of fused-ring (bicyclic) bond motifs is 6. The Kier molecular flexibility index (Phi) is 6.43. The van der Waals surface area contributed by atoms with Crippen LogP contribution in [0, 0.1) is 12.1 Å². The van der Waals surface area contributed by atoms with E-state index in [9.17, 15) is 0 Å². The molecular weight excluding hydrogens is 643 g/mol. The minimum Gasteiger partial charge on any atom is -0.309 e. The van der Waals surface area contributed by atoms with Crippen molar-refractivity contribution in [3.63, 3.8) is 0 Å². The van der Waals surface area contributed by atoms with Gasteiger partial charge in [-0.1, -0.05) is 54.6 Å². The Bertz CT molecular complexity index is 1930. The Morgan fingerprint density at radius 3 is 1.89 bits per heavy atom. The van der Waals surface area contributed by atoms with E-state index in [2.05, 4.69) is 76.1 Å². The second-order valence-corrected chi connectivity index (χ2v) is 8.91. The minimum atomic E-state index is 0. The summed E-state index contributed by atoms with van der Waals surface area (Å²) in [5.74, 6) is 0. The first-order valence-electron chi connectivity index (χ1n) is 12.3. The number of nitrogens with zero attached hydrogens (tertiary/aromatic N) is 3. The molecule has 4 heterocycles. The van der Waals surface area contributed by atoms with E-state index >= 15 is 0 Å². The van der Waals surface area contributed by atoms with Crippen LogP contribution in [0.3, 0.4) is 0 Å². The Balaban J connectivity index is 0.000000172. The number of benzene rings is 4. The molecule has 8 rings (SSSR count). The standard InChI is InChI=1S/C23H13N2.C11H8N.Ir/c1-2-7-15(8-3-1)20-13-22-19(14-24-20)18-11-6-10-17-16-9-4-5-12-21(16)25(22)23(17)18;1-2-6-10(7-3-1)11-8-4-5-9-12-11;/h1-7,9-14H;1-6,8-9H;/q2*-1;. The van der Waals surface area contributed by atoms with Crippen LogP contribution in [0.25, 0.3) is 60.6 Å². The van der Waals surface area contributed by atoms with Crippen LogP contribution in [0.1, 0.15) is 0 Å². The summed E-state index contributed by atoms with van der Waals surface area (Å²) in [5, 5.41) is 5.07. The Morgan fingerprint density at radius 2 is 1.18 bits per heavy atom. The molecule has 0 aliphatic heterocycles. The summed E-state index contributed by atoms with van der Waals surface area (Å²) in [7, 11) is 0. The normalized spacial score (nSPS) is 10.9. The summed E-state index contributed by atoms with van der Waals surface area (Å²) in [6, 6.07) is 45.4. The molecule has 0 aliphatic rings. The van der Waals surface area contributed by atoms with Crippen molar-refractivity contribution in [1.29, 1.82) is 0 Å². The molecule has 4 aromatic carbocycles. The van der Waals surface area contributed by atoms with Gasteiger partial charge in [-0.25, -0.2) is 0 Å². The monoisotopic (exact) mass is 664 g/mol. The zero-order valence-electron chi connectivity index (χ0n) is 20.3. The SMILES string of the molecule is [Ir].[c-]1ccccc1-c1cc2c(cn1)c1cccc3c4ccccc4n2c31.[c-]1ccccc1-c1ccccn1. The van der Waals surface area contributed by atoms with Crippen LogP contribution in [0.4, 0.5) is 0 Å². The average Bonchev–Trinajstić information content (AvgIpc) is 3.51. The number of rotatable bonds is 2. The van der Waals surface area contributed by atoms with Gasteiger partial charge in [0.05, 0.1) is 11.0 Å². The molecule has 1 radical (unpaired) electrons. The zero-order chi connectivity index (χ0) is 24.6. The minimum absolute atomic E-state index is 0. The second kappa shape index (κ2) is 10.2. The van der Waals surface area contributed by atoms with E-state index in [0.717, 1.165) is 22.5 Å². The molecule has 183 valence electrons. The summed E-state index contributed by atoms with van der Waals surface area (Å²) in [6.07, 6.45) is 3.79. The van der Waals surface area contributed by atoms with E-state index < -0.39 is 0 Å². The summed E-state index contributed by atoms with van der Waals surface area (Å²) >= 11 is 0. The molecule has 0 N–H and O–H groups in total. The number of aromatic nitrogens is 3. The first-order chi connectivity index (χ1) is 18.4. The zero-order valence-corrected chi connectivity index (χ0v) is 22.7. The Labute approximate surface area is 234 Å². The van der Waals surface area contributed by atoms with Crippen molar-refractivity contribution in [2.45, 2.75) is 0 Å². The van der Waals surface area contributed by atoms with Gasteiger partial charge < -0.3 is 14.4 Å². The van der Waals surface area contributed by atoms with Gasteiger partial charge in [0, 0.05) is 59.6 Å². The maximum atomic E-state index is 4.71. The van der Waals surface area contributed by atoms with Crippen molar-refractivity contribution < 1.29 is 20.1 Å². The topological polar surface area (TPSA) is 30.2 Å². The van der Waals surface area contributed by atoms with E-state index in [1.54, 1.807) is 6.20 Å². The first kappa shape index (κ1) is 24.0. The van der Waals surface area contributed by atoms with Crippen molar-refractivity contribution >= 4 is 38.1 Å². The van der Waals surface area contributed by atoms with Gasteiger partial charge in [0.25, 0.3) is 0 Å². The van der Waals surface area contributed by atoms with Gasteiger partial charge in [-0.3, -0.25) is 0 Å². The van der Waals surface area contributed by atoms with E-state index in [0.29, 0.717) is 0 Å². The molecule has 0 aliphatic carbocycles. The van der Waals surface area contributed by atoms with Crippen molar-refractivity contribution in [2.75, 3.05) is 0 Å². The smallest absolute Gasteiger partial charge is 0.0620 e. The summed E-state index contributed by atoms with van der Waals surface area (Å²) in [6.45, 7) is 0. The predicted octanol–water partition coefficient (Wildman–Crippen LogP) is 8.25. The molecule has 0 saturated heterocycles. The van der Waals surface area contributed by atoms with Crippen molar-refractivity contribution in [3.05, 3.63) is 140 Å². The molecule has 4 heteroatoms. The van der Waals surface area contributed by atoms with Gasteiger partial charge in [-0.15, -0.1) is 71.8 Å². The Hall–Kier alpha value is -4.37. The van der Waals surface area contributed by atoms with E-state index in [1.165, 1.54) is 38.1 Å². The molecule has 0 atom stereocenters. The molecule has 0 unspecified atom stereocenters. The fraction of sp³-hybridized carbons (Fsp3) is 0. The molecular formula is C34H21IrN3-2. The van der Waals surface area contributed by atoms with Crippen LogP contribution in [-0.4, -0.2) is 14.4 Å². The molecule has 0 fully saturated rings. The fourth-order valence-electron chi connectivity index (χ4n) is 5.10. The molecule has 38 heavy (non-hydrogen) atoms. The van der Waals surface area contributed by atoms with E-state index in [-0.39, 0.29) is 20.1 Å². The van der Waals surface area contributed by atoms with Crippen molar-refractivity contribution in [1.82, 2.24) is 14.4 Å². The van der Waals surface area contributed by atoms with Crippen molar-refractivity contribution in [2.24, 2.45) is 0 Å². The van der Waals surface area contributed by atoms with Crippen LogP contribution < -0.4 is 0 Å². The second-order valence-electron chi connectivity index (χ2n) is 8.91. The van der Waals surface area contributed by atoms with Crippen molar-refractivity contribution in [3.8, 4) is 22.5 Å². The molecule has 8 aromatic rings.